The van der Waals surface area contributed by atoms with Crippen molar-refractivity contribution in [1.29, 1.82) is 0 Å². The Labute approximate surface area is 165 Å². The van der Waals surface area contributed by atoms with Gasteiger partial charge in [0.15, 0.2) is 0 Å². The van der Waals surface area contributed by atoms with Gasteiger partial charge in [-0.15, -0.1) is 0 Å². The van der Waals surface area contributed by atoms with Gasteiger partial charge in [0, 0.05) is 25.2 Å². The lowest BCUT2D eigenvalue weighted by molar-refractivity contribution is -0.137. The SMILES string of the molecule is COc1ccc([C@@H]2[C@H](NC(C)=O)[C@H]2NC(=O)C[C@@H](CC(C)C)C(=O)NO)cc1. The lowest BCUT2D eigenvalue weighted by Gasteiger charge is -2.16. The summed E-state index contributed by atoms with van der Waals surface area (Å²) in [5.74, 6) is -0.743. The zero-order valence-electron chi connectivity index (χ0n) is 16.7. The molecule has 0 saturated heterocycles. The highest BCUT2D eigenvalue weighted by Gasteiger charge is 2.52. The molecule has 8 heteroatoms. The predicted molar refractivity (Wildman–Crippen MR) is 103 cm³/mol. The van der Waals surface area contributed by atoms with E-state index in [-0.39, 0.29) is 42.2 Å². The molecule has 1 saturated carbocycles. The molecule has 0 unspecified atom stereocenters. The molecule has 0 bridgehead atoms. The van der Waals surface area contributed by atoms with Crippen LogP contribution in [0.15, 0.2) is 24.3 Å². The maximum absolute atomic E-state index is 12.5. The molecule has 1 aromatic carbocycles. The fourth-order valence-electron chi connectivity index (χ4n) is 3.56. The average Bonchev–Trinajstić information content (AvgIpc) is 3.30. The number of methoxy groups -OCH3 is 1. The summed E-state index contributed by atoms with van der Waals surface area (Å²) in [6.07, 6.45) is 0.463. The quantitative estimate of drug-likeness (QED) is 0.374. The first-order chi connectivity index (χ1) is 13.3. The van der Waals surface area contributed by atoms with Gasteiger partial charge in [-0.25, -0.2) is 5.48 Å². The van der Waals surface area contributed by atoms with Crippen molar-refractivity contribution in [2.45, 2.75) is 51.6 Å². The highest BCUT2D eigenvalue weighted by atomic mass is 16.5. The molecule has 28 heavy (non-hydrogen) atoms. The largest absolute Gasteiger partial charge is 0.497 e. The summed E-state index contributed by atoms with van der Waals surface area (Å²) in [4.78, 5) is 35.8. The molecular weight excluding hydrogens is 362 g/mol. The third-order valence-corrected chi connectivity index (χ3v) is 4.89. The molecule has 1 aliphatic rings. The standard InChI is InChI=1S/C20H29N3O5/c1-11(2)9-14(20(26)23-27)10-16(25)22-19-17(18(19)21-12(3)24)13-5-7-15(28-4)8-6-13/h5-8,11,14,17-19,27H,9-10H2,1-4H3,(H,21,24)(H,22,25)(H,23,26)/t14-,17-,18+,19+/m1/s1. The van der Waals surface area contributed by atoms with Crippen LogP contribution in [0.25, 0.3) is 0 Å². The van der Waals surface area contributed by atoms with Crippen LogP contribution in [-0.4, -0.2) is 42.1 Å². The van der Waals surface area contributed by atoms with Crippen molar-refractivity contribution in [2.75, 3.05) is 7.11 Å². The molecule has 8 nitrogen and oxygen atoms in total. The van der Waals surface area contributed by atoms with E-state index in [2.05, 4.69) is 10.6 Å². The van der Waals surface area contributed by atoms with Crippen LogP contribution in [0, 0.1) is 11.8 Å². The number of hydrogen-bond donors (Lipinski definition) is 4. The molecule has 4 N–H and O–H groups in total. The zero-order chi connectivity index (χ0) is 20.8. The number of hydroxylamine groups is 1. The van der Waals surface area contributed by atoms with Gasteiger partial charge in [-0.05, 0) is 30.0 Å². The number of amides is 3. The minimum absolute atomic E-state index is 0.0246. The van der Waals surface area contributed by atoms with Crippen LogP contribution in [0.3, 0.4) is 0 Å². The Bertz CT molecular complexity index is 704. The first kappa shape index (κ1) is 21.7. The molecule has 1 fully saturated rings. The van der Waals surface area contributed by atoms with Crippen molar-refractivity contribution in [3.63, 3.8) is 0 Å². The van der Waals surface area contributed by atoms with E-state index < -0.39 is 11.8 Å². The van der Waals surface area contributed by atoms with Gasteiger partial charge in [0.05, 0.1) is 19.2 Å². The second-order valence-corrected chi connectivity index (χ2v) is 7.63. The fraction of sp³-hybridized carbons (Fsp3) is 0.550. The molecule has 1 aliphatic carbocycles. The molecule has 0 aliphatic heterocycles. The molecule has 3 amide bonds. The Morgan fingerprint density at radius 2 is 1.71 bits per heavy atom. The number of carbonyl (C=O) groups excluding carboxylic acids is 3. The second kappa shape index (κ2) is 9.54. The maximum Gasteiger partial charge on any atom is 0.246 e. The van der Waals surface area contributed by atoms with Crippen LogP contribution in [0.2, 0.25) is 0 Å². The smallest absolute Gasteiger partial charge is 0.246 e. The van der Waals surface area contributed by atoms with Crippen LogP contribution in [0.4, 0.5) is 0 Å². The molecule has 0 aromatic heterocycles. The summed E-state index contributed by atoms with van der Waals surface area (Å²) in [5.41, 5.74) is 2.62. The summed E-state index contributed by atoms with van der Waals surface area (Å²) in [7, 11) is 1.59. The van der Waals surface area contributed by atoms with E-state index in [0.717, 1.165) is 11.3 Å². The van der Waals surface area contributed by atoms with Crippen molar-refractivity contribution in [1.82, 2.24) is 16.1 Å². The minimum Gasteiger partial charge on any atom is -0.497 e. The van der Waals surface area contributed by atoms with Crippen molar-refractivity contribution < 1.29 is 24.3 Å². The Kier molecular flexibility index (Phi) is 7.39. The summed E-state index contributed by atoms with van der Waals surface area (Å²) in [6.45, 7) is 5.33. The van der Waals surface area contributed by atoms with Gasteiger partial charge in [-0.2, -0.15) is 0 Å². The monoisotopic (exact) mass is 391 g/mol. The van der Waals surface area contributed by atoms with E-state index in [0.29, 0.717) is 6.42 Å². The van der Waals surface area contributed by atoms with Gasteiger partial charge >= 0.3 is 0 Å². The molecular formula is C20H29N3O5. The third kappa shape index (κ3) is 5.69. The van der Waals surface area contributed by atoms with Crippen LogP contribution >= 0.6 is 0 Å². The van der Waals surface area contributed by atoms with Crippen LogP contribution in [-0.2, 0) is 14.4 Å². The number of ether oxygens (including phenoxy) is 1. The first-order valence-electron chi connectivity index (χ1n) is 9.41. The molecule has 0 spiro atoms. The maximum atomic E-state index is 12.5. The van der Waals surface area contributed by atoms with Gasteiger partial charge in [0.1, 0.15) is 5.75 Å². The van der Waals surface area contributed by atoms with Crippen LogP contribution in [0.1, 0.15) is 45.1 Å². The molecule has 4 atom stereocenters. The van der Waals surface area contributed by atoms with Gasteiger partial charge in [-0.1, -0.05) is 26.0 Å². The van der Waals surface area contributed by atoms with E-state index in [1.807, 2.05) is 38.1 Å². The lowest BCUT2D eigenvalue weighted by Crippen LogP contribution is -2.37. The van der Waals surface area contributed by atoms with Crippen molar-refractivity contribution in [3.05, 3.63) is 29.8 Å². The highest BCUT2D eigenvalue weighted by molar-refractivity contribution is 5.86. The molecule has 1 aromatic rings. The molecule has 0 radical (unpaired) electrons. The number of benzene rings is 1. The number of hydrogen-bond acceptors (Lipinski definition) is 5. The van der Waals surface area contributed by atoms with E-state index in [4.69, 9.17) is 9.94 Å². The van der Waals surface area contributed by atoms with Crippen LogP contribution < -0.4 is 20.9 Å². The van der Waals surface area contributed by atoms with E-state index >= 15 is 0 Å². The van der Waals surface area contributed by atoms with Gasteiger partial charge in [0.25, 0.3) is 0 Å². The van der Waals surface area contributed by atoms with Crippen molar-refractivity contribution >= 4 is 17.7 Å². The van der Waals surface area contributed by atoms with Gasteiger partial charge < -0.3 is 15.4 Å². The van der Waals surface area contributed by atoms with Gasteiger partial charge in [0.2, 0.25) is 17.7 Å². The first-order valence-corrected chi connectivity index (χ1v) is 9.41. The Morgan fingerprint density at radius 1 is 1.11 bits per heavy atom. The third-order valence-electron chi connectivity index (χ3n) is 4.89. The fourth-order valence-corrected chi connectivity index (χ4v) is 3.56. The second-order valence-electron chi connectivity index (χ2n) is 7.63. The summed E-state index contributed by atoms with van der Waals surface area (Å²) in [6, 6.07) is 7.03. The summed E-state index contributed by atoms with van der Waals surface area (Å²) < 4.78 is 5.16. The number of rotatable bonds is 9. The Morgan fingerprint density at radius 3 is 2.21 bits per heavy atom. The van der Waals surface area contributed by atoms with Crippen molar-refractivity contribution in [2.24, 2.45) is 11.8 Å². The molecule has 0 heterocycles. The number of nitrogens with one attached hydrogen (secondary N) is 3. The Hall–Kier alpha value is -2.61. The normalized spacial score (nSPS) is 21.6. The highest BCUT2D eigenvalue weighted by Crippen LogP contribution is 2.42. The zero-order valence-corrected chi connectivity index (χ0v) is 16.7. The van der Waals surface area contributed by atoms with Gasteiger partial charge in [-0.3, -0.25) is 19.6 Å². The lowest BCUT2D eigenvalue weighted by atomic mass is 9.93. The van der Waals surface area contributed by atoms with Crippen LogP contribution in [0.5, 0.6) is 5.75 Å². The minimum atomic E-state index is -0.609. The van der Waals surface area contributed by atoms with E-state index in [9.17, 15) is 14.4 Å². The molecule has 2 rings (SSSR count). The van der Waals surface area contributed by atoms with E-state index in [1.54, 1.807) is 12.6 Å². The Balaban J connectivity index is 2.05. The van der Waals surface area contributed by atoms with Crippen molar-refractivity contribution in [3.8, 4) is 5.75 Å². The topological polar surface area (TPSA) is 117 Å². The number of carbonyl (C=O) groups is 3. The summed E-state index contributed by atoms with van der Waals surface area (Å²) >= 11 is 0. The average molecular weight is 391 g/mol. The molecule has 154 valence electrons. The summed E-state index contributed by atoms with van der Waals surface area (Å²) in [5, 5.41) is 14.7. The van der Waals surface area contributed by atoms with E-state index in [1.165, 1.54) is 6.92 Å². The predicted octanol–water partition coefficient (Wildman–Crippen LogP) is 1.34.